The lowest BCUT2D eigenvalue weighted by Crippen LogP contribution is -2.28. The quantitative estimate of drug-likeness (QED) is 0.818. The van der Waals surface area contributed by atoms with Crippen molar-refractivity contribution in [2.75, 3.05) is 6.61 Å². The van der Waals surface area contributed by atoms with E-state index in [0.29, 0.717) is 6.04 Å². The number of nitrogens with two attached hydrogens (primary N) is 1. The molecule has 1 aromatic carbocycles. The molecule has 0 aromatic heterocycles. The van der Waals surface area contributed by atoms with Crippen LogP contribution in [0.3, 0.4) is 0 Å². The van der Waals surface area contributed by atoms with Crippen LogP contribution in [0.1, 0.15) is 37.7 Å². The maximum atomic E-state index is 6.10. The highest BCUT2D eigenvalue weighted by molar-refractivity contribution is 5.27. The zero-order chi connectivity index (χ0) is 12.1. The van der Waals surface area contributed by atoms with E-state index in [9.17, 15) is 0 Å². The Balaban J connectivity index is 1.64. The highest BCUT2D eigenvalue weighted by Gasteiger charge is 2.19. The highest BCUT2D eigenvalue weighted by Crippen LogP contribution is 2.30. The number of rotatable bonds is 6. The van der Waals surface area contributed by atoms with E-state index >= 15 is 0 Å². The molecule has 0 saturated heterocycles. The van der Waals surface area contributed by atoms with E-state index in [-0.39, 0.29) is 0 Å². The summed E-state index contributed by atoms with van der Waals surface area (Å²) in [6.07, 6.45) is 6.30. The summed E-state index contributed by atoms with van der Waals surface area (Å²) in [4.78, 5) is 0. The van der Waals surface area contributed by atoms with Gasteiger partial charge in [-0.2, -0.15) is 0 Å². The van der Waals surface area contributed by atoms with E-state index < -0.39 is 0 Å². The minimum Gasteiger partial charge on any atom is -0.494 e. The normalized spacial score (nSPS) is 17.5. The third-order valence-electron chi connectivity index (χ3n) is 3.61. The van der Waals surface area contributed by atoms with Gasteiger partial charge in [0, 0.05) is 6.04 Å². The number of aryl methyl sites for hydroxylation is 1. The topological polar surface area (TPSA) is 35.2 Å². The summed E-state index contributed by atoms with van der Waals surface area (Å²) >= 11 is 0. The Labute approximate surface area is 104 Å². The van der Waals surface area contributed by atoms with Crippen molar-refractivity contribution in [3.63, 3.8) is 0 Å². The Bertz CT molecular complexity index is 347. The molecule has 0 spiro atoms. The van der Waals surface area contributed by atoms with Crippen LogP contribution in [0, 0.1) is 12.8 Å². The summed E-state index contributed by atoms with van der Waals surface area (Å²) < 4.78 is 5.71. The lowest BCUT2D eigenvalue weighted by atomic mass is 9.80. The molecule has 1 fully saturated rings. The molecular formula is C15H23NO. The van der Waals surface area contributed by atoms with E-state index in [4.69, 9.17) is 10.5 Å². The minimum atomic E-state index is 0.310. The van der Waals surface area contributed by atoms with Crippen molar-refractivity contribution >= 4 is 0 Å². The first-order valence-electron chi connectivity index (χ1n) is 6.69. The Kier molecular flexibility index (Phi) is 4.43. The average Bonchev–Trinajstić information content (AvgIpc) is 2.24. The van der Waals surface area contributed by atoms with Crippen molar-refractivity contribution in [2.45, 2.75) is 45.1 Å². The number of benzene rings is 1. The third-order valence-corrected chi connectivity index (χ3v) is 3.61. The van der Waals surface area contributed by atoms with E-state index in [1.54, 1.807) is 0 Å². The fourth-order valence-electron chi connectivity index (χ4n) is 2.31. The van der Waals surface area contributed by atoms with Crippen molar-refractivity contribution in [1.82, 2.24) is 0 Å². The van der Waals surface area contributed by atoms with Crippen molar-refractivity contribution in [2.24, 2.45) is 11.7 Å². The Hall–Kier alpha value is -1.02. The lowest BCUT2D eigenvalue weighted by molar-refractivity contribution is 0.245. The first kappa shape index (κ1) is 12.4. The first-order valence-corrected chi connectivity index (χ1v) is 6.69. The van der Waals surface area contributed by atoms with Gasteiger partial charge < -0.3 is 10.5 Å². The number of hydrogen-bond acceptors (Lipinski definition) is 2. The number of ether oxygens (including phenoxy) is 1. The first-order chi connectivity index (χ1) is 8.24. The van der Waals surface area contributed by atoms with Crippen LogP contribution >= 0.6 is 0 Å². The molecule has 2 nitrogen and oxygen atoms in total. The van der Waals surface area contributed by atoms with Gasteiger partial charge in [0.15, 0.2) is 0 Å². The third kappa shape index (κ3) is 4.04. The molecule has 0 amide bonds. The molecule has 1 aromatic rings. The molecular weight excluding hydrogens is 210 g/mol. The fraction of sp³-hybridized carbons (Fsp3) is 0.600. The molecule has 1 aliphatic carbocycles. The van der Waals surface area contributed by atoms with Gasteiger partial charge in [0.2, 0.25) is 0 Å². The highest BCUT2D eigenvalue weighted by atomic mass is 16.5. The van der Waals surface area contributed by atoms with Crippen LogP contribution in [0.2, 0.25) is 0 Å². The van der Waals surface area contributed by atoms with Gasteiger partial charge in [-0.3, -0.25) is 0 Å². The second-order valence-corrected chi connectivity index (χ2v) is 5.25. The van der Waals surface area contributed by atoms with E-state index in [0.717, 1.165) is 24.7 Å². The summed E-state index contributed by atoms with van der Waals surface area (Å²) in [6.45, 7) is 2.81. The van der Waals surface area contributed by atoms with Crippen LogP contribution in [0.15, 0.2) is 24.3 Å². The molecule has 2 N–H and O–H groups in total. The standard InChI is InChI=1S/C15H23NO/c1-12-4-2-7-15(10-12)17-9-8-14(16)11-13-5-3-6-13/h2,4,7,10,13-14H,3,5-6,8-9,11,16H2,1H3. The molecule has 1 saturated carbocycles. The van der Waals surface area contributed by atoms with Crippen LogP contribution in [0.25, 0.3) is 0 Å². The van der Waals surface area contributed by atoms with Gasteiger partial charge in [0.25, 0.3) is 0 Å². The molecule has 94 valence electrons. The van der Waals surface area contributed by atoms with E-state index in [2.05, 4.69) is 19.1 Å². The molecule has 0 bridgehead atoms. The predicted molar refractivity (Wildman–Crippen MR) is 71.2 cm³/mol. The van der Waals surface area contributed by atoms with Gasteiger partial charge in [-0.1, -0.05) is 31.4 Å². The summed E-state index contributed by atoms with van der Waals surface area (Å²) in [5, 5.41) is 0. The Morgan fingerprint density at radius 3 is 2.88 bits per heavy atom. The second kappa shape index (κ2) is 6.06. The van der Waals surface area contributed by atoms with Crippen LogP contribution in [-0.4, -0.2) is 12.6 Å². The average molecular weight is 233 g/mol. The second-order valence-electron chi connectivity index (χ2n) is 5.25. The van der Waals surface area contributed by atoms with E-state index in [1.807, 2.05) is 12.1 Å². The van der Waals surface area contributed by atoms with Crippen LogP contribution in [0.4, 0.5) is 0 Å². The fourth-order valence-corrected chi connectivity index (χ4v) is 2.31. The Morgan fingerprint density at radius 2 is 2.24 bits per heavy atom. The van der Waals surface area contributed by atoms with Crippen LogP contribution in [-0.2, 0) is 0 Å². The predicted octanol–water partition coefficient (Wildman–Crippen LogP) is 3.28. The molecule has 17 heavy (non-hydrogen) atoms. The molecule has 0 radical (unpaired) electrons. The largest absolute Gasteiger partial charge is 0.494 e. The van der Waals surface area contributed by atoms with Gasteiger partial charge in [-0.25, -0.2) is 0 Å². The van der Waals surface area contributed by atoms with Crippen molar-refractivity contribution in [3.05, 3.63) is 29.8 Å². The molecule has 2 heteroatoms. The van der Waals surface area contributed by atoms with Gasteiger partial charge in [0.05, 0.1) is 6.61 Å². The van der Waals surface area contributed by atoms with Crippen molar-refractivity contribution in [1.29, 1.82) is 0 Å². The minimum absolute atomic E-state index is 0.310. The molecule has 0 aliphatic heterocycles. The SMILES string of the molecule is Cc1cccc(OCCC(N)CC2CCC2)c1. The van der Waals surface area contributed by atoms with Crippen LogP contribution in [0.5, 0.6) is 5.75 Å². The summed E-state index contributed by atoms with van der Waals surface area (Å²) in [7, 11) is 0. The maximum absolute atomic E-state index is 6.10. The van der Waals surface area contributed by atoms with Gasteiger partial charge in [0.1, 0.15) is 5.75 Å². The summed E-state index contributed by atoms with van der Waals surface area (Å²) in [5.74, 6) is 1.85. The van der Waals surface area contributed by atoms with E-state index in [1.165, 1.54) is 31.2 Å². The molecule has 2 rings (SSSR count). The van der Waals surface area contributed by atoms with Crippen molar-refractivity contribution < 1.29 is 4.74 Å². The Morgan fingerprint density at radius 1 is 1.41 bits per heavy atom. The summed E-state index contributed by atoms with van der Waals surface area (Å²) in [5.41, 5.74) is 7.34. The maximum Gasteiger partial charge on any atom is 0.119 e. The van der Waals surface area contributed by atoms with Crippen molar-refractivity contribution in [3.8, 4) is 5.75 Å². The lowest BCUT2D eigenvalue weighted by Gasteiger charge is -2.28. The van der Waals surface area contributed by atoms with Gasteiger partial charge >= 0.3 is 0 Å². The molecule has 0 heterocycles. The van der Waals surface area contributed by atoms with Gasteiger partial charge in [-0.05, 0) is 43.4 Å². The smallest absolute Gasteiger partial charge is 0.119 e. The zero-order valence-electron chi connectivity index (χ0n) is 10.7. The zero-order valence-corrected chi connectivity index (χ0v) is 10.7. The molecule has 1 unspecified atom stereocenters. The van der Waals surface area contributed by atoms with Gasteiger partial charge in [-0.15, -0.1) is 0 Å². The monoisotopic (exact) mass is 233 g/mol. The summed E-state index contributed by atoms with van der Waals surface area (Å²) in [6, 6.07) is 8.49. The number of hydrogen-bond donors (Lipinski definition) is 1. The van der Waals surface area contributed by atoms with Crippen LogP contribution < -0.4 is 10.5 Å². The molecule has 1 aliphatic rings. The molecule has 1 atom stereocenters.